The number of rotatable bonds is 1. The summed E-state index contributed by atoms with van der Waals surface area (Å²) in [6.07, 6.45) is 1.23. The molecule has 2 unspecified atom stereocenters. The van der Waals surface area contributed by atoms with Crippen LogP contribution in [0.1, 0.15) is 24.9 Å². The monoisotopic (exact) mass is 232 g/mol. The lowest BCUT2D eigenvalue weighted by Crippen LogP contribution is -2.38. The van der Waals surface area contributed by atoms with Crippen molar-refractivity contribution >= 4 is 0 Å². The van der Waals surface area contributed by atoms with Gasteiger partial charge in [-0.25, -0.2) is 0 Å². The van der Waals surface area contributed by atoms with Crippen LogP contribution >= 0.6 is 0 Å². The summed E-state index contributed by atoms with van der Waals surface area (Å²) in [4.78, 5) is 2.57. The molecule has 1 aromatic rings. The molecule has 1 fully saturated rings. The van der Waals surface area contributed by atoms with E-state index in [0.29, 0.717) is 12.1 Å². The highest BCUT2D eigenvalue weighted by atomic mass is 16.5. The molecule has 2 heterocycles. The predicted octanol–water partition coefficient (Wildman–Crippen LogP) is 1.80. The zero-order valence-electron chi connectivity index (χ0n) is 10.4. The molecule has 2 aliphatic heterocycles. The van der Waals surface area contributed by atoms with Crippen LogP contribution in [0.4, 0.5) is 0 Å². The van der Waals surface area contributed by atoms with Crippen LogP contribution in [-0.2, 0) is 0 Å². The maximum absolute atomic E-state index is 5.78. The molecule has 3 nitrogen and oxygen atoms in total. The van der Waals surface area contributed by atoms with Gasteiger partial charge in [-0.2, -0.15) is 0 Å². The fourth-order valence-corrected chi connectivity index (χ4v) is 2.87. The molecule has 0 amide bonds. The summed E-state index contributed by atoms with van der Waals surface area (Å²) in [5, 5.41) is 3.54. The first kappa shape index (κ1) is 11.1. The summed E-state index contributed by atoms with van der Waals surface area (Å²) in [6.45, 7) is 6.49. The molecule has 2 aliphatic rings. The highest BCUT2D eigenvalue weighted by molar-refractivity contribution is 5.39. The Balaban J connectivity index is 1.81. The topological polar surface area (TPSA) is 24.5 Å². The van der Waals surface area contributed by atoms with Crippen LogP contribution in [0.3, 0.4) is 0 Å². The summed E-state index contributed by atoms with van der Waals surface area (Å²) in [6, 6.07) is 9.47. The lowest BCUT2D eigenvalue weighted by molar-refractivity contribution is 0.163. The van der Waals surface area contributed by atoms with Crippen molar-refractivity contribution in [1.29, 1.82) is 0 Å². The summed E-state index contributed by atoms with van der Waals surface area (Å²) in [5.74, 6) is 1.07. The van der Waals surface area contributed by atoms with E-state index in [9.17, 15) is 0 Å². The molecule has 0 aromatic heterocycles. The molecule has 0 aliphatic carbocycles. The van der Waals surface area contributed by atoms with Crippen LogP contribution < -0.4 is 10.1 Å². The van der Waals surface area contributed by atoms with Gasteiger partial charge in [-0.1, -0.05) is 18.2 Å². The van der Waals surface area contributed by atoms with Crippen molar-refractivity contribution in [3.05, 3.63) is 29.8 Å². The normalized spacial score (nSPS) is 29.5. The molecule has 0 bridgehead atoms. The third-order valence-corrected chi connectivity index (χ3v) is 3.74. The molecule has 2 atom stereocenters. The van der Waals surface area contributed by atoms with Crippen LogP contribution in [-0.4, -0.2) is 37.2 Å². The summed E-state index contributed by atoms with van der Waals surface area (Å²) in [7, 11) is 0. The highest BCUT2D eigenvalue weighted by Gasteiger charge is 2.30. The molecule has 1 saturated heterocycles. The third-order valence-electron chi connectivity index (χ3n) is 3.74. The number of fused-ring (bicyclic) bond motifs is 1. The quantitative estimate of drug-likeness (QED) is 0.799. The Morgan fingerprint density at radius 1 is 1.35 bits per heavy atom. The standard InChI is InChI=1S/C14H20N2O/c1-11-9-16(8-4-7-15-11)13-10-17-14-6-3-2-5-12(13)14/h2-3,5-6,11,13,15H,4,7-10H2,1H3. The first-order valence-electron chi connectivity index (χ1n) is 6.54. The van der Waals surface area contributed by atoms with E-state index in [1.54, 1.807) is 0 Å². The van der Waals surface area contributed by atoms with E-state index in [2.05, 4.69) is 35.3 Å². The van der Waals surface area contributed by atoms with Gasteiger partial charge in [0.05, 0.1) is 6.04 Å². The van der Waals surface area contributed by atoms with E-state index in [1.165, 1.54) is 18.5 Å². The molecule has 0 saturated carbocycles. The van der Waals surface area contributed by atoms with Crippen molar-refractivity contribution in [2.45, 2.75) is 25.4 Å². The molecule has 3 heteroatoms. The third kappa shape index (κ3) is 2.17. The first-order valence-corrected chi connectivity index (χ1v) is 6.54. The van der Waals surface area contributed by atoms with Crippen molar-refractivity contribution in [3.63, 3.8) is 0 Å². The average molecular weight is 232 g/mol. The van der Waals surface area contributed by atoms with Gasteiger partial charge in [-0.3, -0.25) is 4.90 Å². The van der Waals surface area contributed by atoms with Crippen molar-refractivity contribution in [2.75, 3.05) is 26.2 Å². The Morgan fingerprint density at radius 2 is 2.24 bits per heavy atom. The van der Waals surface area contributed by atoms with E-state index in [0.717, 1.165) is 25.4 Å². The fourth-order valence-electron chi connectivity index (χ4n) is 2.87. The predicted molar refractivity (Wildman–Crippen MR) is 68.3 cm³/mol. The Morgan fingerprint density at radius 3 is 3.18 bits per heavy atom. The van der Waals surface area contributed by atoms with Gasteiger partial charge in [0, 0.05) is 24.7 Å². The van der Waals surface area contributed by atoms with Gasteiger partial charge in [0.1, 0.15) is 12.4 Å². The van der Waals surface area contributed by atoms with Gasteiger partial charge >= 0.3 is 0 Å². The second kappa shape index (κ2) is 4.67. The fraction of sp³-hybridized carbons (Fsp3) is 0.571. The maximum Gasteiger partial charge on any atom is 0.124 e. The molecule has 3 rings (SSSR count). The van der Waals surface area contributed by atoms with Gasteiger partial charge in [0.15, 0.2) is 0 Å². The Kier molecular flexibility index (Phi) is 3.04. The van der Waals surface area contributed by atoms with E-state index < -0.39 is 0 Å². The zero-order valence-corrected chi connectivity index (χ0v) is 10.4. The Bertz CT molecular complexity index is 394. The molecule has 1 N–H and O–H groups in total. The molecule has 0 spiro atoms. The number of nitrogens with zero attached hydrogens (tertiary/aromatic N) is 1. The average Bonchev–Trinajstić information content (AvgIpc) is 2.66. The minimum Gasteiger partial charge on any atom is -0.491 e. The summed E-state index contributed by atoms with van der Waals surface area (Å²) >= 11 is 0. The number of hydrogen-bond donors (Lipinski definition) is 1. The number of hydrogen-bond acceptors (Lipinski definition) is 3. The second-order valence-corrected chi connectivity index (χ2v) is 5.07. The van der Waals surface area contributed by atoms with Crippen LogP contribution in [0.25, 0.3) is 0 Å². The number of benzene rings is 1. The smallest absolute Gasteiger partial charge is 0.124 e. The van der Waals surface area contributed by atoms with E-state index in [-0.39, 0.29) is 0 Å². The summed E-state index contributed by atoms with van der Waals surface area (Å²) < 4.78 is 5.78. The van der Waals surface area contributed by atoms with Crippen LogP contribution in [0.15, 0.2) is 24.3 Å². The molecule has 0 radical (unpaired) electrons. The van der Waals surface area contributed by atoms with Crippen LogP contribution in [0.5, 0.6) is 5.75 Å². The number of ether oxygens (including phenoxy) is 1. The molecular formula is C14H20N2O. The largest absolute Gasteiger partial charge is 0.491 e. The number of nitrogens with one attached hydrogen (secondary N) is 1. The minimum atomic E-state index is 0.452. The lowest BCUT2D eigenvalue weighted by atomic mass is 10.1. The second-order valence-electron chi connectivity index (χ2n) is 5.07. The van der Waals surface area contributed by atoms with Gasteiger partial charge in [0.25, 0.3) is 0 Å². The van der Waals surface area contributed by atoms with E-state index in [1.807, 2.05) is 6.07 Å². The van der Waals surface area contributed by atoms with Crippen LogP contribution in [0, 0.1) is 0 Å². The molecular weight excluding hydrogens is 212 g/mol. The van der Waals surface area contributed by atoms with Gasteiger partial charge in [-0.05, 0) is 26.0 Å². The van der Waals surface area contributed by atoms with Gasteiger partial charge in [-0.15, -0.1) is 0 Å². The molecule has 1 aromatic carbocycles. The summed E-state index contributed by atoms with van der Waals surface area (Å²) in [5.41, 5.74) is 1.36. The van der Waals surface area contributed by atoms with E-state index >= 15 is 0 Å². The molecule has 17 heavy (non-hydrogen) atoms. The van der Waals surface area contributed by atoms with Gasteiger partial charge in [0.2, 0.25) is 0 Å². The maximum atomic E-state index is 5.78. The van der Waals surface area contributed by atoms with Crippen LogP contribution in [0.2, 0.25) is 0 Å². The molecule has 92 valence electrons. The van der Waals surface area contributed by atoms with Crippen molar-refractivity contribution in [3.8, 4) is 5.75 Å². The SMILES string of the molecule is CC1CN(C2COc3ccccc32)CCCN1. The number of para-hydroxylation sites is 1. The minimum absolute atomic E-state index is 0.452. The highest BCUT2D eigenvalue weighted by Crippen LogP contribution is 2.35. The Labute approximate surface area is 103 Å². The van der Waals surface area contributed by atoms with Crippen molar-refractivity contribution in [1.82, 2.24) is 10.2 Å². The first-order chi connectivity index (χ1) is 8.34. The van der Waals surface area contributed by atoms with Gasteiger partial charge < -0.3 is 10.1 Å². The zero-order chi connectivity index (χ0) is 11.7. The Hall–Kier alpha value is -1.06. The van der Waals surface area contributed by atoms with E-state index in [4.69, 9.17) is 4.74 Å². The lowest BCUT2D eigenvalue weighted by Gasteiger charge is -2.27. The van der Waals surface area contributed by atoms with Crippen molar-refractivity contribution in [2.24, 2.45) is 0 Å². The van der Waals surface area contributed by atoms with Crippen molar-refractivity contribution < 1.29 is 4.74 Å².